The number of fused-ring (bicyclic) bond motifs is 4. The molecule has 5 heteroatoms. The summed E-state index contributed by atoms with van der Waals surface area (Å²) in [5, 5.41) is 1.33. The summed E-state index contributed by atoms with van der Waals surface area (Å²) in [5.74, 6) is 0. The molecule has 152 valence electrons. The van der Waals surface area contributed by atoms with Crippen LogP contribution in [0.5, 0.6) is 0 Å². The van der Waals surface area contributed by atoms with Gasteiger partial charge in [0.1, 0.15) is 6.33 Å². The number of nitrogens with zero attached hydrogens (tertiary/aromatic N) is 4. The molecule has 5 nitrogen and oxygen atoms in total. The Bertz CT molecular complexity index is 1690. The van der Waals surface area contributed by atoms with E-state index in [4.69, 9.17) is 9.97 Å². The van der Waals surface area contributed by atoms with Crippen LogP contribution in [0.3, 0.4) is 0 Å². The number of hydrogen-bond donors (Lipinski definition) is 0. The zero-order valence-electron chi connectivity index (χ0n) is 17.4. The molecule has 0 N–H and O–H groups in total. The van der Waals surface area contributed by atoms with Gasteiger partial charge in [-0.15, -0.1) is 0 Å². The Morgan fingerprint density at radius 2 is 1.53 bits per heavy atom. The molecule has 0 bridgehead atoms. The van der Waals surface area contributed by atoms with Gasteiger partial charge in [-0.2, -0.15) is 0 Å². The minimum atomic E-state index is -0.137. The third kappa shape index (κ3) is 2.87. The zero-order valence-corrected chi connectivity index (χ0v) is 17.4. The monoisotopic (exact) mass is 414 g/mol. The SMILES string of the molecule is Cc1ccc(-c2cc(-c3ccccc3)nc3ncn4c(=O)c5ccccc5nc4c23)cc1. The highest BCUT2D eigenvalue weighted by Gasteiger charge is 2.16. The first-order valence-corrected chi connectivity index (χ1v) is 10.4. The number of hydrogen-bond acceptors (Lipinski definition) is 4. The van der Waals surface area contributed by atoms with E-state index in [9.17, 15) is 4.79 Å². The van der Waals surface area contributed by atoms with Crippen molar-refractivity contribution in [3.63, 3.8) is 0 Å². The van der Waals surface area contributed by atoms with E-state index in [-0.39, 0.29) is 5.56 Å². The number of aryl methyl sites for hydroxylation is 1. The number of pyridine rings is 1. The van der Waals surface area contributed by atoms with Crippen molar-refractivity contribution >= 4 is 27.6 Å². The fraction of sp³-hybridized carbons (Fsp3) is 0.0370. The first-order chi connectivity index (χ1) is 15.7. The minimum Gasteiger partial charge on any atom is -0.268 e. The fourth-order valence-corrected chi connectivity index (χ4v) is 4.10. The molecule has 0 spiro atoms. The van der Waals surface area contributed by atoms with Gasteiger partial charge in [0.05, 0.1) is 22.0 Å². The maximum atomic E-state index is 13.2. The maximum Gasteiger partial charge on any atom is 0.266 e. The van der Waals surface area contributed by atoms with Crippen LogP contribution in [0.4, 0.5) is 0 Å². The fourth-order valence-electron chi connectivity index (χ4n) is 4.10. The minimum absolute atomic E-state index is 0.137. The Balaban J connectivity index is 1.78. The van der Waals surface area contributed by atoms with Gasteiger partial charge in [0.2, 0.25) is 0 Å². The van der Waals surface area contributed by atoms with E-state index < -0.39 is 0 Å². The van der Waals surface area contributed by atoms with Crippen LogP contribution in [0, 0.1) is 6.92 Å². The molecule has 0 radical (unpaired) electrons. The third-order valence-electron chi connectivity index (χ3n) is 5.76. The molecule has 6 aromatic rings. The van der Waals surface area contributed by atoms with Crippen LogP contribution >= 0.6 is 0 Å². The second-order valence-corrected chi connectivity index (χ2v) is 7.86. The summed E-state index contributed by atoms with van der Waals surface area (Å²) in [7, 11) is 0. The van der Waals surface area contributed by atoms with Crippen LogP contribution in [0.15, 0.2) is 96.1 Å². The number of rotatable bonds is 2. The van der Waals surface area contributed by atoms with E-state index in [1.54, 1.807) is 6.07 Å². The number of aromatic nitrogens is 4. The van der Waals surface area contributed by atoms with Gasteiger partial charge in [-0.1, -0.05) is 72.3 Å². The highest BCUT2D eigenvalue weighted by atomic mass is 16.1. The smallest absolute Gasteiger partial charge is 0.266 e. The van der Waals surface area contributed by atoms with Crippen LogP contribution in [0.1, 0.15) is 5.56 Å². The van der Waals surface area contributed by atoms with Crippen molar-refractivity contribution in [2.75, 3.05) is 0 Å². The van der Waals surface area contributed by atoms with Gasteiger partial charge in [-0.25, -0.2) is 19.4 Å². The van der Waals surface area contributed by atoms with Crippen molar-refractivity contribution in [1.82, 2.24) is 19.4 Å². The summed E-state index contributed by atoms with van der Waals surface area (Å²) in [5.41, 5.74) is 6.62. The highest BCUT2D eigenvalue weighted by molar-refractivity contribution is 6.04. The van der Waals surface area contributed by atoms with Crippen molar-refractivity contribution in [3.05, 3.63) is 107 Å². The second kappa shape index (κ2) is 7.10. The lowest BCUT2D eigenvalue weighted by Gasteiger charge is -2.13. The molecule has 0 saturated carbocycles. The van der Waals surface area contributed by atoms with Gasteiger partial charge in [-0.05, 0) is 36.2 Å². The van der Waals surface area contributed by atoms with Gasteiger partial charge < -0.3 is 0 Å². The van der Waals surface area contributed by atoms with E-state index in [2.05, 4.69) is 42.2 Å². The average Bonchev–Trinajstić information content (AvgIpc) is 2.84. The summed E-state index contributed by atoms with van der Waals surface area (Å²) < 4.78 is 1.52. The Morgan fingerprint density at radius 3 is 2.34 bits per heavy atom. The molecule has 0 unspecified atom stereocenters. The van der Waals surface area contributed by atoms with Crippen LogP contribution in [-0.2, 0) is 0 Å². The first-order valence-electron chi connectivity index (χ1n) is 10.4. The Morgan fingerprint density at radius 1 is 0.781 bits per heavy atom. The van der Waals surface area contributed by atoms with Crippen molar-refractivity contribution in [1.29, 1.82) is 0 Å². The van der Waals surface area contributed by atoms with Gasteiger partial charge in [0.15, 0.2) is 11.3 Å². The lowest BCUT2D eigenvalue weighted by atomic mass is 9.99. The number of para-hydroxylation sites is 1. The van der Waals surface area contributed by atoms with Crippen molar-refractivity contribution < 1.29 is 0 Å². The Hall–Kier alpha value is -4.38. The molecule has 3 heterocycles. The maximum absolute atomic E-state index is 13.2. The molecule has 6 rings (SSSR count). The highest BCUT2D eigenvalue weighted by Crippen LogP contribution is 2.33. The van der Waals surface area contributed by atoms with Crippen LogP contribution in [0.25, 0.3) is 50.0 Å². The summed E-state index contributed by atoms with van der Waals surface area (Å²) >= 11 is 0. The van der Waals surface area contributed by atoms with Crippen molar-refractivity contribution in [2.45, 2.75) is 6.92 Å². The largest absolute Gasteiger partial charge is 0.268 e. The molecule has 3 aromatic carbocycles. The third-order valence-corrected chi connectivity index (χ3v) is 5.76. The molecule has 32 heavy (non-hydrogen) atoms. The van der Waals surface area contributed by atoms with Crippen LogP contribution < -0.4 is 5.56 Å². The summed E-state index contributed by atoms with van der Waals surface area (Å²) in [6, 6.07) is 27.8. The first kappa shape index (κ1) is 18.4. The Labute approximate surface area is 183 Å². The molecule has 0 aliphatic rings. The van der Waals surface area contributed by atoms with Gasteiger partial charge >= 0.3 is 0 Å². The van der Waals surface area contributed by atoms with E-state index in [0.717, 1.165) is 27.8 Å². The molecule has 0 saturated heterocycles. The van der Waals surface area contributed by atoms with E-state index >= 15 is 0 Å². The topological polar surface area (TPSA) is 60.2 Å². The zero-order chi connectivity index (χ0) is 21.7. The van der Waals surface area contributed by atoms with E-state index in [0.29, 0.717) is 22.2 Å². The molecule has 0 aliphatic carbocycles. The molecular formula is C27H18N4O. The molecule has 0 atom stereocenters. The molecule has 3 aromatic heterocycles. The van der Waals surface area contributed by atoms with Gasteiger partial charge in [0.25, 0.3) is 5.56 Å². The normalized spacial score (nSPS) is 11.4. The van der Waals surface area contributed by atoms with Gasteiger partial charge in [0, 0.05) is 5.56 Å². The quantitative estimate of drug-likeness (QED) is 0.280. The summed E-state index contributed by atoms with van der Waals surface area (Å²) in [6.07, 6.45) is 1.53. The van der Waals surface area contributed by atoms with Gasteiger partial charge in [-0.3, -0.25) is 4.79 Å². The van der Waals surface area contributed by atoms with Crippen molar-refractivity contribution in [3.8, 4) is 22.4 Å². The second-order valence-electron chi connectivity index (χ2n) is 7.86. The molecular weight excluding hydrogens is 396 g/mol. The van der Waals surface area contributed by atoms with E-state index in [1.165, 1.54) is 16.3 Å². The standard InChI is InChI=1S/C27H18N4O/c1-17-11-13-18(14-12-17)21-15-23(19-7-3-2-4-8-19)29-25-24(21)26-30-22-10-6-5-9-20(22)27(32)31(26)16-28-25/h2-16H,1H3. The average molecular weight is 414 g/mol. The Kier molecular flexibility index (Phi) is 4.08. The lowest BCUT2D eigenvalue weighted by Crippen LogP contribution is -2.16. The lowest BCUT2D eigenvalue weighted by molar-refractivity contribution is 1.03. The molecule has 0 amide bonds. The number of benzene rings is 3. The molecule has 0 aliphatic heterocycles. The molecule has 0 fully saturated rings. The van der Waals surface area contributed by atoms with Crippen molar-refractivity contribution in [2.24, 2.45) is 0 Å². The summed E-state index contributed by atoms with van der Waals surface area (Å²) in [4.78, 5) is 27.5. The predicted octanol–water partition coefficient (Wildman–Crippen LogP) is 5.43. The van der Waals surface area contributed by atoms with Crippen LogP contribution in [0.2, 0.25) is 0 Å². The summed E-state index contributed by atoms with van der Waals surface area (Å²) in [6.45, 7) is 2.06. The van der Waals surface area contributed by atoms with Crippen LogP contribution in [-0.4, -0.2) is 19.4 Å². The predicted molar refractivity (Wildman–Crippen MR) is 128 cm³/mol. The van der Waals surface area contributed by atoms with E-state index in [1.807, 2.05) is 48.5 Å².